The minimum Gasteiger partial charge on any atom is -0.477 e. The minimum absolute atomic E-state index is 0.339. The van der Waals surface area contributed by atoms with E-state index in [1.54, 1.807) is 4.57 Å². The summed E-state index contributed by atoms with van der Waals surface area (Å²) >= 11 is 0. The zero-order chi connectivity index (χ0) is 16.4. The van der Waals surface area contributed by atoms with Gasteiger partial charge in [-0.2, -0.15) is 0 Å². The molecule has 0 amide bonds. The van der Waals surface area contributed by atoms with Crippen LogP contribution in [-0.2, 0) is 0 Å². The number of carboxylic acid groups (broad SMARTS) is 1. The number of hydrogen-bond acceptors (Lipinski definition) is 2. The first-order valence-corrected chi connectivity index (χ1v) is 6.87. The molecule has 4 nitrogen and oxygen atoms in total. The summed E-state index contributed by atoms with van der Waals surface area (Å²) in [4.78, 5) is 23.3. The van der Waals surface area contributed by atoms with Crippen LogP contribution < -0.4 is 5.43 Å². The van der Waals surface area contributed by atoms with E-state index < -0.39 is 17.2 Å². The average Bonchev–Trinajstić information content (AvgIpc) is 2.56. The van der Waals surface area contributed by atoms with Crippen LogP contribution in [0.2, 0.25) is 0 Å². The van der Waals surface area contributed by atoms with Gasteiger partial charge in [0, 0.05) is 18.0 Å². The zero-order valence-electron chi connectivity index (χ0n) is 11.9. The van der Waals surface area contributed by atoms with Gasteiger partial charge in [-0.05, 0) is 29.8 Å². The number of pyridine rings is 1. The smallest absolute Gasteiger partial charge is 0.341 e. The van der Waals surface area contributed by atoms with Crippen molar-refractivity contribution in [3.05, 3.63) is 88.5 Å². The van der Waals surface area contributed by atoms with Crippen LogP contribution in [0.15, 0.2) is 71.7 Å². The van der Waals surface area contributed by atoms with Gasteiger partial charge in [-0.25, -0.2) is 9.18 Å². The van der Waals surface area contributed by atoms with Gasteiger partial charge in [0.2, 0.25) is 0 Å². The first kappa shape index (κ1) is 14.7. The Morgan fingerprint density at radius 3 is 2.26 bits per heavy atom. The molecule has 2 aromatic carbocycles. The van der Waals surface area contributed by atoms with Gasteiger partial charge in [-0.3, -0.25) is 4.79 Å². The molecule has 0 aliphatic rings. The van der Waals surface area contributed by atoms with Crippen LogP contribution in [0.25, 0.3) is 16.9 Å². The number of hydrogen-bond donors (Lipinski definition) is 1. The van der Waals surface area contributed by atoms with Crippen LogP contribution in [-0.4, -0.2) is 15.6 Å². The van der Waals surface area contributed by atoms with Crippen molar-refractivity contribution >= 4 is 5.97 Å². The third kappa shape index (κ3) is 2.89. The molecule has 0 fully saturated rings. The van der Waals surface area contributed by atoms with Gasteiger partial charge < -0.3 is 9.67 Å². The monoisotopic (exact) mass is 309 g/mol. The SMILES string of the molecule is O=C(O)c1cn(-c2ccc(F)cc2)c(-c2ccccc2)cc1=O. The topological polar surface area (TPSA) is 59.3 Å². The molecule has 0 saturated carbocycles. The Kier molecular flexibility index (Phi) is 3.76. The molecule has 0 aliphatic heterocycles. The molecule has 0 bridgehead atoms. The normalized spacial score (nSPS) is 10.5. The van der Waals surface area contributed by atoms with Crippen LogP contribution in [0.5, 0.6) is 0 Å². The number of benzene rings is 2. The number of aromatic nitrogens is 1. The first-order chi connectivity index (χ1) is 11.1. The van der Waals surface area contributed by atoms with Crippen molar-refractivity contribution in [2.75, 3.05) is 0 Å². The molecule has 3 rings (SSSR count). The highest BCUT2D eigenvalue weighted by molar-refractivity contribution is 5.87. The Labute approximate surface area is 131 Å². The van der Waals surface area contributed by atoms with E-state index in [-0.39, 0.29) is 5.56 Å². The number of carboxylic acids is 1. The van der Waals surface area contributed by atoms with E-state index in [4.69, 9.17) is 5.11 Å². The minimum atomic E-state index is -1.30. The third-order valence-electron chi connectivity index (χ3n) is 3.46. The summed E-state index contributed by atoms with van der Waals surface area (Å²) in [6, 6.07) is 16.0. The largest absolute Gasteiger partial charge is 0.477 e. The standard InChI is InChI=1S/C18H12FNO3/c19-13-6-8-14(9-7-13)20-11-15(18(22)23)17(21)10-16(20)12-4-2-1-3-5-12/h1-11H,(H,22,23). The molecule has 1 aromatic heterocycles. The number of nitrogens with zero attached hydrogens (tertiary/aromatic N) is 1. The molecular formula is C18H12FNO3. The van der Waals surface area contributed by atoms with E-state index in [0.29, 0.717) is 11.4 Å². The summed E-state index contributed by atoms with van der Waals surface area (Å²) in [6.45, 7) is 0. The molecule has 0 aliphatic carbocycles. The molecule has 1 heterocycles. The van der Waals surface area contributed by atoms with Crippen molar-refractivity contribution in [2.24, 2.45) is 0 Å². The highest BCUT2D eigenvalue weighted by Crippen LogP contribution is 2.22. The molecule has 23 heavy (non-hydrogen) atoms. The predicted molar refractivity (Wildman–Crippen MR) is 84.4 cm³/mol. The fraction of sp³-hybridized carbons (Fsp3) is 0. The van der Waals surface area contributed by atoms with Crippen molar-refractivity contribution < 1.29 is 14.3 Å². The number of carbonyl (C=O) groups is 1. The maximum atomic E-state index is 13.1. The van der Waals surface area contributed by atoms with Crippen molar-refractivity contribution in [3.8, 4) is 16.9 Å². The third-order valence-corrected chi connectivity index (χ3v) is 3.46. The molecular weight excluding hydrogens is 297 g/mol. The van der Waals surface area contributed by atoms with Gasteiger partial charge >= 0.3 is 5.97 Å². The molecule has 114 valence electrons. The van der Waals surface area contributed by atoms with E-state index in [0.717, 1.165) is 5.56 Å². The van der Waals surface area contributed by atoms with Gasteiger partial charge in [0.15, 0.2) is 5.43 Å². The maximum Gasteiger partial charge on any atom is 0.341 e. The number of rotatable bonds is 3. The summed E-state index contributed by atoms with van der Waals surface area (Å²) in [7, 11) is 0. The highest BCUT2D eigenvalue weighted by Gasteiger charge is 2.14. The lowest BCUT2D eigenvalue weighted by molar-refractivity contribution is 0.0695. The second kappa shape index (κ2) is 5.88. The lowest BCUT2D eigenvalue weighted by atomic mass is 10.1. The molecule has 1 N–H and O–H groups in total. The fourth-order valence-corrected chi connectivity index (χ4v) is 2.34. The summed E-state index contributed by atoms with van der Waals surface area (Å²) in [6.07, 6.45) is 1.26. The lowest BCUT2D eigenvalue weighted by Crippen LogP contribution is -2.18. The summed E-state index contributed by atoms with van der Waals surface area (Å²) in [5.74, 6) is -1.69. The van der Waals surface area contributed by atoms with Crippen molar-refractivity contribution in [1.82, 2.24) is 4.57 Å². The first-order valence-electron chi connectivity index (χ1n) is 6.87. The second-order valence-electron chi connectivity index (χ2n) is 4.95. The van der Waals surface area contributed by atoms with Gasteiger partial charge in [-0.1, -0.05) is 30.3 Å². The summed E-state index contributed by atoms with van der Waals surface area (Å²) < 4.78 is 14.7. The Bertz CT molecular complexity index is 915. The zero-order valence-corrected chi connectivity index (χ0v) is 11.9. The molecule has 0 radical (unpaired) electrons. The van der Waals surface area contributed by atoms with E-state index in [1.807, 2.05) is 30.3 Å². The van der Waals surface area contributed by atoms with Crippen molar-refractivity contribution in [1.29, 1.82) is 0 Å². The molecule has 5 heteroatoms. The van der Waals surface area contributed by atoms with Gasteiger partial charge in [0.05, 0.1) is 5.69 Å². The summed E-state index contributed by atoms with van der Waals surface area (Å²) in [5.41, 5.74) is 0.939. The van der Waals surface area contributed by atoms with Gasteiger partial charge in [0.25, 0.3) is 0 Å². The summed E-state index contributed by atoms with van der Waals surface area (Å²) in [5, 5.41) is 9.17. The van der Waals surface area contributed by atoms with Crippen molar-refractivity contribution in [2.45, 2.75) is 0 Å². The predicted octanol–water partition coefficient (Wildman–Crippen LogP) is 3.34. The Balaban J connectivity index is 2.30. The molecule has 0 saturated heterocycles. The van der Waals surface area contributed by atoms with E-state index >= 15 is 0 Å². The second-order valence-corrected chi connectivity index (χ2v) is 4.95. The van der Waals surface area contributed by atoms with Crippen LogP contribution in [0.1, 0.15) is 10.4 Å². The van der Waals surface area contributed by atoms with Crippen molar-refractivity contribution in [3.63, 3.8) is 0 Å². The number of halogens is 1. The Morgan fingerprint density at radius 1 is 1.00 bits per heavy atom. The lowest BCUT2D eigenvalue weighted by Gasteiger charge is -2.14. The average molecular weight is 309 g/mol. The quantitative estimate of drug-likeness (QED) is 0.807. The molecule has 3 aromatic rings. The molecule has 0 spiro atoms. The Morgan fingerprint density at radius 2 is 1.65 bits per heavy atom. The van der Waals surface area contributed by atoms with Gasteiger partial charge in [-0.15, -0.1) is 0 Å². The van der Waals surface area contributed by atoms with E-state index in [9.17, 15) is 14.0 Å². The van der Waals surface area contributed by atoms with Crippen LogP contribution in [0.4, 0.5) is 4.39 Å². The van der Waals surface area contributed by atoms with E-state index in [2.05, 4.69) is 0 Å². The van der Waals surface area contributed by atoms with Crippen LogP contribution >= 0.6 is 0 Å². The Hall–Kier alpha value is -3.21. The highest BCUT2D eigenvalue weighted by atomic mass is 19.1. The molecule has 0 unspecified atom stereocenters. The van der Waals surface area contributed by atoms with Gasteiger partial charge in [0.1, 0.15) is 11.4 Å². The van der Waals surface area contributed by atoms with Crippen LogP contribution in [0, 0.1) is 5.82 Å². The fourth-order valence-electron chi connectivity index (χ4n) is 2.34. The number of aromatic carboxylic acids is 1. The van der Waals surface area contributed by atoms with E-state index in [1.165, 1.54) is 36.5 Å². The molecule has 0 atom stereocenters. The van der Waals surface area contributed by atoms with Crippen LogP contribution in [0.3, 0.4) is 0 Å². The maximum absolute atomic E-state index is 13.1.